The van der Waals surface area contributed by atoms with E-state index < -0.39 is 11.7 Å². The Labute approximate surface area is 168 Å². The number of nitrogens with two attached hydrogens (primary N) is 1. The summed E-state index contributed by atoms with van der Waals surface area (Å²) < 4.78 is 43.4. The van der Waals surface area contributed by atoms with Crippen molar-refractivity contribution in [3.8, 4) is 11.6 Å². The molecule has 0 fully saturated rings. The van der Waals surface area contributed by atoms with Gasteiger partial charge in [-0.1, -0.05) is 22.8 Å². The molecule has 10 heteroatoms. The van der Waals surface area contributed by atoms with Crippen LogP contribution in [-0.4, -0.2) is 15.8 Å². The van der Waals surface area contributed by atoms with Crippen molar-refractivity contribution in [1.82, 2.24) is 9.97 Å². The third-order valence-corrected chi connectivity index (χ3v) is 3.89. The lowest BCUT2D eigenvalue weighted by molar-refractivity contribution is -0.137. The zero-order chi connectivity index (χ0) is 20.9. The van der Waals surface area contributed by atoms with Crippen LogP contribution in [0.1, 0.15) is 16.7 Å². The van der Waals surface area contributed by atoms with E-state index in [0.29, 0.717) is 17.5 Å². The monoisotopic (exact) mass is 422 g/mol. The molecule has 0 saturated carbocycles. The molecule has 0 atom stereocenters. The van der Waals surface area contributed by atoms with Crippen LogP contribution in [0.2, 0.25) is 5.02 Å². The first-order chi connectivity index (χ1) is 13.8. The Bertz CT molecular complexity index is 997. The Hall–Kier alpha value is -3.33. The molecule has 0 aliphatic carbocycles. The van der Waals surface area contributed by atoms with Crippen molar-refractivity contribution < 1.29 is 22.7 Å². The fourth-order valence-electron chi connectivity index (χ4n) is 2.17. The van der Waals surface area contributed by atoms with E-state index in [2.05, 4.69) is 15.1 Å². The molecule has 0 spiro atoms. The average Bonchev–Trinajstić information content (AvgIpc) is 2.70. The van der Waals surface area contributed by atoms with Gasteiger partial charge in [-0.15, -0.1) is 0 Å². The Morgan fingerprint density at radius 3 is 2.52 bits per heavy atom. The van der Waals surface area contributed by atoms with E-state index in [0.717, 1.165) is 11.6 Å². The van der Waals surface area contributed by atoms with Gasteiger partial charge < -0.3 is 15.3 Å². The highest BCUT2D eigenvalue weighted by Gasteiger charge is 2.31. The van der Waals surface area contributed by atoms with E-state index in [-0.39, 0.29) is 23.3 Å². The summed E-state index contributed by atoms with van der Waals surface area (Å²) in [5.41, 5.74) is 6.32. The number of halogens is 4. The predicted octanol–water partition coefficient (Wildman–Crippen LogP) is 4.78. The molecule has 6 nitrogen and oxygen atoms in total. The molecular weight excluding hydrogens is 409 g/mol. The lowest BCUT2D eigenvalue weighted by Crippen LogP contribution is -2.13. The first kappa shape index (κ1) is 20.4. The summed E-state index contributed by atoms with van der Waals surface area (Å²) in [5, 5.41) is 3.58. The van der Waals surface area contributed by atoms with Crippen LogP contribution >= 0.6 is 11.6 Å². The topological polar surface area (TPSA) is 82.6 Å². The molecule has 0 unspecified atom stereocenters. The van der Waals surface area contributed by atoms with Crippen LogP contribution in [0.25, 0.3) is 0 Å². The average molecular weight is 423 g/mol. The highest BCUT2D eigenvalue weighted by atomic mass is 35.5. The smallest absolute Gasteiger partial charge is 0.417 e. The largest absolute Gasteiger partial charge is 0.438 e. The van der Waals surface area contributed by atoms with E-state index in [4.69, 9.17) is 26.9 Å². The Balaban J connectivity index is 1.63. The van der Waals surface area contributed by atoms with Gasteiger partial charge in [0.15, 0.2) is 5.84 Å². The quantitative estimate of drug-likeness (QED) is 0.351. The van der Waals surface area contributed by atoms with Crippen molar-refractivity contribution in [2.24, 2.45) is 10.9 Å². The number of nitrogens with zero attached hydrogens (tertiary/aromatic N) is 3. The fraction of sp³-hybridized carbons (Fsp3) is 0.105. The zero-order valence-electron chi connectivity index (χ0n) is 14.7. The summed E-state index contributed by atoms with van der Waals surface area (Å²) >= 11 is 5.83. The van der Waals surface area contributed by atoms with Crippen LogP contribution in [0.4, 0.5) is 13.2 Å². The molecule has 2 heterocycles. The summed E-state index contributed by atoms with van der Waals surface area (Å²) in [6, 6.07) is 10.7. The number of rotatable bonds is 6. The lowest BCUT2D eigenvalue weighted by atomic mass is 10.2. The van der Waals surface area contributed by atoms with Crippen LogP contribution in [-0.2, 0) is 17.6 Å². The van der Waals surface area contributed by atoms with E-state index in [9.17, 15) is 13.2 Å². The molecule has 29 heavy (non-hydrogen) atoms. The maximum absolute atomic E-state index is 12.7. The minimum Gasteiger partial charge on any atom is -0.438 e. The number of hydrogen-bond acceptors (Lipinski definition) is 5. The highest BCUT2D eigenvalue weighted by molar-refractivity contribution is 6.31. The van der Waals surface area contributed by atoms with Crippen molar-refractivity contribution in [2.75, 3.05) is 0 Å². The number of oxime groups is 1. The zero-order valence-corrected chi connectivity index (χ0v) is 15.5. The van der Waals surface area contributed by atoms with E-state index in [1.165, 1.54) is 0 Å². The number of benzene rings is 1. The molecule has 1 aromatic carbocycles. The van der Waals surface area contributed by atoms with Crippen LogP contribution in [0.3, 0.4) is 0 Å². The standard InChI is InChI=1S/C19H14ClF3N4O2/c20-16-8-14(19(21,22)23)10-26-18(16)29-15-5-3-13(4-6-15)17(24)27-28-11-12-2-1-7-25-9-12/h1-10H,11H2,(H2,24,27). The lowest BCUT2D eigenvalue weighted by Gasteiger charge is -2.10. The van der Waals surface area contributed by atoms with Crippen LogP contribution in [0.5, 0.6) is 11.6 Å². The maximum atomic E-state index is 12.7. The molecular formula is C19H14ClF3N4O2. The number of hydrogen-bond donors (Lipinski definition) is 1. The van der Waals surface area contributed by atoms with Crippen LogP contribution in [0.15, 0.2) is 66.2 Å². The first-order valence-corrected chi connectivity index (χ1v) is 8.56. The van der Waals surface area contributed by atoms with Crippen LogP contribution < -0.4 is 10.5 Å². The number of ether oxygens (including phenoxy) is 1. The molecule has 3 aromatic rings. The van der Waals surface area contributed by atoms with Gasteiger partial charge in [0, 0.05) is 29.7 Å². The number of alkyl halides is 3. The van der Waals surface area contributed by atoms with Gasteiger partial charge in [-0.2, -0.15) is 13.2 Å². The van der Waals surface area contributed by atoms with Gasteiger partial charge in [0.25, 0.3) is 0 Å². The second kappa shape index (κ2) is 8.78. The van der Waals surface area contributed by atoms with Gasteiger partial charge in [-0.25, -0.2) is 4.98 Å². The van der Waals surface area contributed by atoms with E-state index >= 15 is 0 Å². The Morgan fingerprint density at radius 1 is 1.14 bits per heavy atom. The van der Waals surface area contributed by atoms with Gasteiger partial charge in [-0.3, -0.25) is 4.98 Å². The van der Waals surface area contributed by atoms with Crippen molar-refractivity contribution >= 4 is 17.4 Å². The van der Waals surface area contributed by atoms with Gasteiger partial charge in [0.2, 0.25) is 5.88 Å². The molecule has 0 amide bonds. The van der Waals surface area contributed by atoms with Crippen molar-refractivity contribution in [3.05, 3.63) is 82.8 Å². The third kappa shape index (κ3) is 5.58. The summed E-state index contributed by atoms with van der Waals surface area (Å²) in [5.74, 6) is 0.312. The predicted molar refractivity (Wildman–Crippen MR) is 101 cm³/mol. The molecule has 0 aliphatic rings. The molecule has 0 bridgehead atoms. The summed E-state index contributed by atoms with van der Waals surface area (Å²) in [6.45, 7) is 0.216. The molecule has 150 valence electrons. The summed E-state index contributed by atoms with van der Waals surface area (Å²) in [6.07, 6.45) is -0.580. The van der Waals surface area contributed by atoms with Gasteiger partial charge >= 0.3 is 6.18 Å². The van der Waals surface area contributed by atoms with Gasteiger partial charge in [0.1, 0.15) is 17.4 Å². The van der Waals surface area contributed by atoms with Crippen molar-refractivity contribution in [1.29, 1.82) is 0 Å². The third-order valence-electron chi connectivity index (χ3n) is 3.62. The van der Waals surface area contributed by atoms with Crippen molar-refractivity contribution in [2.45, 2.75) is 12.8 Å². The number of aromatic nitrogens is 2. The summed E-state index contributed by atoms with van der Waals surface area (Å²) in [7, 11) is 0. The maximum Gasteiger partial charge on any atom is 0.417 e. The number of pyridine rings is 2. The van der Waals surface area contributed by atoms with Crippen molar-refractivity contribution in [3.63, 3.8) is 0 Å². The molecule has 0 radical (unpaired) electrons. The fourth-order valence-corrected chi connectivity index (χ4v) is 2.38. The second-order valence-corrected chi connectivity index (χ2v) is 6.15. The molecule has 2 N–H and O–H groups in total. The van der Waals surface area contributed by atoms with Gasteiger partial charge in [-0.05, 0) is 36.4 Å². The first-order valence-electron chi connectivity index (χ1n) is 8.18. The summed E-state index contributed by atoms with van der Waals surface area (Å²) in [4.78, 5) is 12.8. The Kier molecular flexibility index (Phi) is 6.18. The minimum atomic E-state index is -4.53. The molecule has 2 aromatic heterocycles. The Morgan fingerprint density at radius 2 is 1.90 bits per heavy atom. The minimum absolute atomic E-state index is 0.145. The van der Waals surface area contributed by atoms with E-state index in [1.807, 2.05) is 6.07 Å². The number of amidine groups is 1. The van der Waals surface area contributed by atoms with Gasteiger partial charge in [0.05, 0.1) is 5.56 Å². The molecule has 3 rings (SSSR count). The van der Waals surface area contributed by atoms with Crippen LogP contribution in [0, 0.1) is 0 Å². The van der Waals surface area contributed by atoms with E-state index in [1.54, 1.807) is 42.7 Å². The second-order valence-electron chi connectivity index (χ2n) is 5.75. The normalized spacial score (nSPS) is 11.9. The molecule has 0 aliphatic heterocycles. The molecule has 0 saturated heterocycles. The SMILES string of the molecule is N/C(=N\OCc1cccnc1)c1ccc(Oc2ncc(C(F)(F)F)cc2Cl)cc1. The highest BCUT2D eigenvalue weighted by Crippen LogP contribution is 2.34.